The summed E-state index contributed by atoms with van der Waals surface area (Å²) < 4.78 is 11.1. The summed E-state index contributed by atoms with van der Waals surface area (Å²) in [5.74, 6) is 0.306. The van der Waals surface area contributed by atoms with Crippen LogP contribution in [0.3, 0.4) is 0 Å². The second-order valence-corrected chi connectivity index (χ2v) is 6.00. The molecule has 1 amide bonds. The Labute approximate surface area is 130 Å². The summed E-state index contributed by atoms with van der Waals surface area (Å²) in [6.45, 7) is 5.00. The molecule has 1 unspecified atom stereocenters. The highest BCUT2D eigenvalue weighted by atomic mass is 16.5. The van der Waals surface area contributed by atoms with Crippen LogP contribution in [0.5, 0.6) is 0 Å². The normalized spacial score (nSPS) is 23.5. The molecule has 6 heteroatoms. The van der Waals surface area contributed by atoms with Gasteiger partial charge in [0.05, 0.1) is 18.8 Å². The summed E-state index contributed by atoms with van der Waals surface area (Å²) in [5.41, 5.74) is 8.24. The molecule has 2 N–H and O–H groups in total. The van der Waals surface area contributed by atoms with Crippen LogP contribution in [-0.4, -0.2) is 48.7 Å². The van der Waals surface area contributed by atoms with Crippen LogP contribution in [-0.2, 0) is 14.3 Å². The minimum absolute atomic E-state index is 0.0861. The zero-order chi connectivity index (χ0) is 15.5. The lowest BCUT2D eigenvalue weighted by atomic mass is 9.98. The minimum atomic E-state index is -0.195. The van der Waals surface area contributed by atoms with Gasteiger partial charge in [0.1, 0.15) is 6.10 Å². The SMILES string of the molecule is Cc1cc(N)cc(C2CN(C(=O)C3CCOCC3)CCO2)n1. The summed E-state index contributed by atoms with van der Waals surface area (Å²) in [7, 11) is 0. The Morgan fingerprint density at radius 1 is 1.32 bits per heavy atom. The highest BCUT2D eigenvalue weighted by Crippen LogP contribution is 2.25. The van der Waals surface area contributed by atoms with Gasteiger partial charge >= 0.3 is 0 Å². The molecule has 0 aliphatic carbocycles. The van der Waals surface area contributed by atoms with Gasteiger partial charge in [-0.1, -0.05) is 0 Å². The zero-order valence-electron chi connectivity index (χ0n) is 13.0. The minimum Gasteiger partial charge on any atom is -0.399 e. The number of nitrogens with two attached hydrogens (primary N) is 1. The topological polar surface area (TPSA) is 77.7 Å². The molecule has 2 saturated heterocycles. The molecule has 3 heterocycles. The number of rotatable bonds is 2. The lowest BCUT2D eigenvalue weighted by Crippen LogP contribution is -2.46. The molecule has 2 fully saturated rings. The van der Waals surface area contributed by atoms with Crippen LogP contribution in [0.4, 0.5) is 5.69 Å². The third kappa shape index (κ3) is 3.39. The number of carbonyl (C=O) groups is 1. The summed E-state index contributed by atoms with van der Waals surface area (Å²) in [6.07, 6.45) is 1.44. The zero-order valence-corrected chi connectivity index (χ0v) is 13.0. The Balaban J connectivity index is 1.69. The van der Waals surface area contributed by atoms with Crippen LogP contribution < -0.4 is 5.73 Å². The lowest BCUT2D eigenvalue weighted by Gasteiger charge is -2.35. The van der Waals surface area contributed by atoms with Crippen molar-refractivity contribution in [1.82, 2.24) is 9.88 Å². The van der Waals surface area contributed by atoms with Gasteiger partial charge in [-0.25, -0.2) is 0 Å². The monoisotopic (exact) mass is 305 g/mol. The number of aryl methyl sites for hydroxylation is 1. The largest absolute Gasteiger partial charge is 0.399 e. The predicted molar refractivity (Wildman–Crippen MR) is 82.2 cm³/mol. The second kappa shape index (κ2) is 6.62. The maximum atomic E-state index is 12.6. The Morgan fingerprint density at radius 2 is 2.09 bits per heavy atom. The van der Waals surface area contributed by atoms with Gasteiger partial charge in [0.15, 0.2) is 0 Å². The van der Waals surface area contributed by atoms with E-state index in [4.69, 9.17) is 15.2 Å². The van der Waals surface area contributed by atoms with Crippen LogP contribution in [0, 0.1) is 12.8 Å². The van der Waals surface area contributed by atoms with Crippen LogP contribution >= 0.6 is 0 Å². The Morgan fingerprint density at radius 3 is 2.82 bits per heavy atom. The van der Waals surface area contributed by atoms with Gasteiger partial charge in [-0.15, -0.1) is 0 Å². The van der Waals surface area contributed by atoms with Gasteiger partial charge < -0.3 is 20.1 Å². The number of anilines is 1. The van der Waals surface area contributed by atoms with Gasteiger partial charge in [-0.05, 0) is 31.9 Å². The molecule has 2 aliphatic heterocycles. The van der Waals surface area contributed by atoms with Crippen LogP contribution in [0.25, 0.3) is 0 Å². The Kier molecular flexibility index (Phi) is 4.59. The Hall–Kier alpha value is -1.66. The van der Waals surface area contributed by atoms with Crippen molar-refractivity contribution in [3.63, 3.8) is 0 Å². The number of hydrogen-bond donors (Lipinski definition) is 1. The molecular weight excluding hydrogens is 282 g/mol. The fourth-order valence-electron chi connectivity index (χ4n) is 3.12. The number of aromatic nitrogens is 1. The number of nitrogen functional groups attached to an aromatic ring is 1. The maximum absolute atomic E-state index is 12.6. The first-order valence-corrected chi connectivity index (χ1v) is 7.85. The first-order valence-electron chi connectivity index (χ1n) is 7.85. The Bertz CT molecular complexity index is 523. The van der Waals surface area contributed by atoms with Gasteiger partial charge in [0.25, 0.3) is 0 Å². The molecule has 6 nitrogen and oxygen atoms in total. The van der Waals surface area contributed by atoms with Crippen LogP contribution in [0.2, 0.25) is 0 Å². The number of ether oxygens (including phenoxy) is 2. The molecule has 0 radical (unpaired) electrons. The third-order valence-corrected chi connectivity index (χ3v) is 4.27. The van der Waals surface area contributed by atoms with Gasteiger partial charge in [0, 0.05) is 37.1 Å². The molecule has 1 atom stereocenters. The summed E-state index contributed by atoms with van der Waals surface area (Å²) in [4.78, 5) is 19.0. The summed E-state index contributed by atoms with van der Waals surface area (Å²) in [6, 6.07) is 3.66. The molecule has 0 aromatic carbocycles. The highest BCUT2D eigenvalue weighted by Gasteiger charge is 2.31. The molecule has 1 aromatic rings. The van der Waals surface area contributed by atoms with Crippen molar-refractivity contribution in [2.45, 2.75) is 25.9 Å². The molecule has 22 heavy (non-hydrogen) atoms. The van der Waals surface area contributed by atoms with E-state index in [1.807, 2.05) is 24.0 Å². The van der Waals surface area contributed by atoms with Crippen molar-refractivity contribution < 1.29 is 14.3 Å². The van der Waals surface area contributed by atoms with Crippen molar-refractivity contribution >= 4 is 11.6 Å². The van der Waals surface area contributed by atoms with E-state index in [0.717, 1.165) is 24.2 Å². The summed E-state index contributed by atoms with van der Waals surface area (Å²) in [5, 5.41) is 0. The molecule has 1 aromatic heterocycles. The van der Waals surface area contributed by atoms with E-state index in [2.05, 4.69) is 4.98 Å². The van der Waals surface area contributed by atoms with E-state index in [9.17, 15) is 4.79 Å². The van der Waals surface area contributed by atoms with Gasteiger partial charge in [-0.3, -0.25) is 9.78 Å². The number of pyridine rings is 1. The van der Waals surface area contributed by atoms with Crippen molar-refractivity contribution in [3.8, 4) is 0 Å². The molecule has 2 aliphatic rings. The predicted octanol–water partition coefficient (Wildman–Crippen LogP) is 1.30. The fraction of sp³-hybridized carbons (Fsp3) is 0.625. The average Bonchev–Trinajstić information content (AvgIpc) is 2.54. The van der Waals surface area contributed by atoms with E-state index in [1.165, 1.54) is 0 Å². The quantitative estimate of drug-likeness (QED) is 0.891. The number of nitrogens with zero attached hydrogens (tertiary/aromatic N) is 2. The highest BCUT2D eigenvalue weighted by molar-refractivity contribution is 5.79. The third-order valence-electron chi connectivity index (χ3n) is 4.27. The van der Waals surface area contributed by atoms with Crippen LogP contribution in [0.15, 0.2) is 12.1 Å². The van der Waals surface area contributed by atoms with E-state index >= 15 is 0 Å². The van der Waals surface area contributed by atoms with Gasteiger partial charge in [0.2, 0.25) is 5.91 Å². The number of amides is 1. The van der Waals surface area contributed by atoms with Crippen molar-refractivity contribution in [2.75, 3.05) is 38.6 Å². The van der Waals surface area contributed by atoms with E-state index in [-0.39, 0.29) is 17.9 Å². The van der Waals surface area contributed by atoms with Crippen molar-refractivity contribution in [2.24, 2.45) is 5.92 Å². The lowest BCUT2D eigenvalue weighted by molar-refractivity contribution is -0.146. The van der Waals surface area contributed by atoms with E-state index in [0.29, 0.717) is 38.6 Å². The standard InChI is InChI=1S/C16H23N3O3/c1-11-8-13(17)9-14(18-11)15-10-19(4-7-22-15)16(20)12-2-5-21-6-3-12/h8-9,12,15H,2-7,10H2,1H3,(H2,17,18). The number of carbonyl (C=O) groups excluding carboxylic acids is 1. The van der Waals surface area contributed by atoms with E-state index < -0.39 is 0 Å². The average molecular weight is 305 g/mol. The fourth-order valence-corrected chi connectivity index (χ4v) is 3.12. The number of morpholine rings is 1. The summed E-state index contributed by atoms with van der Waals surface area (Å²) >= 11 is 0. The molecule has 0 spiro atoms. The molecule has 3 rings (SSSR count). The van der Waals surface area contributed by atoms with Gasteiger partial charge in [-0.2, -0.15) is 0 Å². The number of hydrogen-bond acceptors (Lipinski definition) is 5. The molecular formula is C16H23N3O3. The first kappa shape index (κ1) is 15.2. The van der Waals surface area contributed by atoms with Crippen molar-refractivity contribution in [3.05, 3.63) is 23.5 Å². The molecule has 120 valence electrons. The van der Waals surface area contributed by atoms with E-state index in [1.54, 1.807) is 0 Å². The van der Waals surface area contributed by atoms with Crippen LogP contribution in [0.1, 0.15) is 30.3 Å². The molecule has 0 bridgehead atoms. The second-order valence-electron chi connectivity index (χ2n) is 6.00. The smallest absolute Gasteiger partial charge is 0.226 e. The molecule has 0 saturated carbocycles. The maximum Gasteiger partial charge on any atom is 0.226 e. The first-order chi connectivity index (χ1) is 10.6. The van der Waals surface area contributed by atoms with Crippen molar-refractivity contribution in [1.29, 1.82) is 0 Å².